The lowest BCUT2D eigenvalue weighted by atomic mass is 9.90. The van der Waals surface area contributed by atoms with Crippen molar-refractivity contribution < 1.29 is 59.5 Å². The van der Waals surface area contributed by atoms with Gasteiger partial charge in [0.1, 0.15) is 36.6 Å². The number of hydrogen-bond donors (Lipinski definition) is 7. The highest BCUT2D eigenvalue weighted by Crippen LogP contribution is 2.36. The van der Waals surface area contributed by atoms with Crippen molar-refractivity contribution in [2.45, 2.75) is 112 Å². The lowest BCUT2D eigenvalue weighted by Crippen LogP contribution is -2.64. The molecule has 7 N–H and O–H groups in total. The summed E-state index contributed by atoms with van der Waals surface area (Å²) >= 11 is 0. The van der Waals surface area contributed by atoms with E-state index in [4.69, 9.17) is 18.9 Å². The average molecular weight is 597 g/mol. The molecular formula is C30H44O12. The molecule has 4 heterocycles. The predicted octanol–water partition coefficient (Wildman–Crippen LogP) is 0.0476. The maximum Gasteiger partial charge on any atom is 0.331 e. The third-order valence-corrected chi connectivity index (χ3v) is 7.25. The summed E-state index contributed by atoms with van der Waals surface area (Å²) in [5, 5.41) is 71.2. The molecule has 0 amide bonds. The molecule has 0 radical (unpaired) electrons. The average Bonchev–Trinajstić information content (AvgIpc) is 2.95. The highest BCUT2D eigenvalue weighted by molar-refractivity contribution is 5.82. The Labute approximate surface area is 245 Å². The van der Waals surface area contributed by atoms with Gasteiger partial charge in [-0.05, 0) is 39.0 Å². The monoisotopic (exact) mass is 596 g/mol. The summed E-state index contributed by atoms with van der Waals surface area (Å²) in [5.74, 6) is -2.34. The van der Waals surface area contributed by atoms with Crippen LogP contribution in [-0.4, -0.2) is 115 Å². The first-order valence-corrected chi connectivity index (χ1v) is 14.3. The number of carbonyl (C=O) groups is 1. The summed E-state index contributed by atoms with van der Waals surface area (Å²) in [4.78, 5) is 12.1. The number of aliphatic hydroxyl groups is 7. The van der Waals surface area contributed by atoms with Crippen molar-refractivity contribution in [3.8, 4) is 0 Å². The molecule has 2 bridgehead atoms. The Bertz CT molecular complexity index is 991. The summed E-state index contributed by atoms with van der Waals surface area (Å²) in [6.45, 7) is 1.20. The molecule has 236 valence electrons. The van der Waals surface area contributed by atoms with Crippen LogP contribution in [0.25, 0.3) is 0 Å². The molecule has 42 heavy (non-hydrogen) atoms. The van der Waals surface area contributed by atoms with Gasteiger partial charge in [-0.2, -0.15) is 0 Å². The summed E-state index contributed by atoms with van der Waals surface area (Å²) in [6, 6.07) is 0. The van der Waals surface area contributed by atoms with E-state index in [-0.39, 0.29) is 25.4 Å². The summed E-state index contributed by atoms with van der Waals surface area (Å²) in [6.07, 6.45) is 7.48. The van der Waals surface area contributed by atoms with E-state index in [2.05, 4.69) is 0 Å². The molecule has 4 aliphatic rings. The van der Waals surface area contributed by atoms with Gasteiger partial charge in [-0.25, -0.2) is 4.79 Å². The molecule has 0 aliphatic carbocycles. The van der Waals surface area contributed by atoms with E-state index in [1.807, 2.05) is 6.08 Å². The Balaban J connectivity index is 1.70. The molecule has 0 aromatic rings. The second kappa shape index (κ2) is 16.6. The fraction of sp³-hybridized carbons (Fsp3) is 0.633. The molecule has 2 fully saturated rings. The summed E-state index contributed by atoms with van der Waals surface area (Å²) in [7, 11) is 0. The van der Waals surface area contributed by atoms with Crippen molar-refractivity contribution >= 4 is 5.97 Å². The smallest absolute Gasteiger partial charge is 0.331 e. The first kappa shape index (κ1) is 34.3. The Hall–Kier alpha value is -2.23. The van der Waals surface area contributed by atoms with Crippen LogP contribution in [0.3, 0.4) is 0 Å². The molecule has 12 heteroatoms. The second-order valence-corrected chi connectivity index (χ2v) is 10.8. The Morgan fingerprint density at radius 1 is 0.952 bits per heavy atom. The largest absolute Gasteiger partial charge is 0.460 e. The Morgan fingerprint density at radius 2 is 1.69 bits per heavy atom. The number of aliphatic hydroxyl groups excluding tert-OH is 6. The van der Waals surface area contributed by atoms with E-state index in [9.17, 15) is 40.5 Å². The van der Waals surface area contributed by atoms with Crippen molar-refractivity contribution in [1.29, 1.82) is 0 Å². The van der Waals surface area contributed by atoms with E-state index in [0.29, 0.717) is 12.8 Å². The van der Waals surface area contributed by atoms with Gasteiger partial charge >= 0.3 is 5.97 Å². The molecular weight excluding hydrogens is 552 g/mol. The lowest BCUT2D eigenvalue weighted by Gasteiger charge is -2.48. The van der Waals surface area contributed by atoms with Gasteiger partial charge in [-0.15, -0.1) is 0 Å². The van der Waals surface area contributed by atoms with Gasteiger partial charge in [-0.1, -0.05) is 54.7 Å². The summed E-state index contributed by atoms with van der Waals surface area (Å²) in [5.41, 5.74) is 0. The maximum atomic E-state index is 12.1. The number of rotatable bonds is 3. The lowest BCUT2D eigenvalue weighted by molar-refractivity contribution is -0.377. The first-order valence-electron chi connectivity index (χ1n) is 14.3. The van der Waals surface area contributed by atoms with Crippen molar-refractivity contribution in [2.75, 3.05) is 6.61 Å². The van der Waals surface area contributed by atoms with Crippen LogP contribution in [-0.2, 0) is 23.7 Å². The van der Waals surface area contributed by atoms with E-state index >= 15 is 0 Å². The number of fused-ring (bicyclic) bond motifs is 15. The fourth-order valence-electron chi connectivity index (χ4n) is 4.80. The van der Waals surface area contributed by atoms with Crippen molar-refractivity contribution in [3.63, 3.8) is 0 Å². The number of carbonyl (C=O) groups excluding carboxylic acids is 1. The van der Waals surface area contributed by atoms with Gasteiger partial charge in [0.05, 0.1) is 24.9 Å². The third-order valence-electron chi connectivity index (χ3n) is 7.25. The van der Waals surface area contributed by atoms with Gasteiger partial charge in [0.15, 0.2) is 12.1 Å². The molecule has 0 aromatic heterocycles. The molecule has 0 aromatic carbocycles. The van der Waals surface area contributed by atoms with Crippen LogP contribution in [0, 0.1) is 0 Å². The van der Waals surface area contributed by atoms with Crippen LogP contribution in [0.5, 0.6) is 0 Å². The van der Waals surface area contributed by atoms with E-state index in [1.54, 1.807) is 49.5 Å². The van der Waals surface area contributed by atoms with Crippen molar-refractivity contribution in [3.05, 3.63) is 60.8 Å². The van der Waals surface area contributed by atoms with Crippen molar-refractivity contribution in [1.82, 2.24) is 0 Å². The molecule has 4 rings (SSSR count). The van der Waals surface area contributed by atoms with Gasteiger partial charge in [0.25, 0.3) is 0 Å². The minimum atomic E-state index is -1.85. The Kier molecular flexibility index (Phi) is 13.5. The molecule has 1 unspecified atom stereocenters. The molecule has 0 spiro atoms. The quantitative estimate of drug-likeness (QED) is 0.171. The van der Waals surface area contributed by atoms with Crippen LogP contribution in [0.15, 0.2) is 60.8 Å². The molecule has 11 atom stereocenters. The number of allylic oxidation sites excluding steroid dienone is 5. The summed E-state index contributed by atoms with van der Waals surface area (Å²) < 4.78 is 22.1. The first-order chi connectivity index (χ1) is 20.0. The standard InChI is InChI=1S/C30H44O12/c1-19-11-5-2-9-15-22-28(37)30(38,42-22)17-20(32)12-6-3-7-13-21(14-8-4-10-16-24(33)39-19)40-29-27(36)26(35)25(34)23(18-31)41-29/h3-4,6-10,13,15-16,19-23,25-29,31-32,34-38H,2,5,11-12,14,17-18H2,1H3/b6-3-,8-4+,13-7+,15-9+,16-10?/t19-,20+,21?,22+,23-,25-,26+,27-,28+,29-,30-/m1/s1. The zero-order valence-electron chi connectivity index (χ0n) is 23.7. The van der Waals surface area contributed by atoms with Gasteiger partial charge < -0.3 is 54.7 Å². The second-order valence-electron chi connectivity index (χ2n) is 10.8. The molecule has 0 saturated carbocycles. The third kappa shape index (κ3) is 9.91. The van der Waals surface area contributed by atoms with Crippen molar-refractivity contribution in [2.24, 2.45) is 0 Å². The zero-order valence-corrected chi connectivity index (χ0v) is 23.7. The minimum Gasteiger partial charge on any atom is -0.460 e. The number of hydrogen-bond acceptors (Lipinski definition) is 12. The van der Waals surface area contributed by atoms with Gasteiger partial charge in [-0.3, -0.25) is 0 Å². The van der Waals surface area contributed by atoms with Gasteiger partial charge in [0, 0.05) is 12.5 Å². The van der Waals surface area contributed by atoms with E-state index < -0.39 is 73.5 Å². The minimum absolute atomic E-state index is 0.167. The van der Waals surface area contributed by atoms with E-state index in [1.165, 1.54) is 12.2 Å². The maximum absolute atomic E-state index is 12.1. The van der Waals surface area contributed by atoms with Gasteiger partial charge in [0.2, 0.25) is 0 Å². The number of ether oxygens (including phenoxy) is 4. The van der Waals surface area contributed by atoms with Crippen LogP contribution in [0.2, 0.25) is 0 Å². The molecule has 2 saturated heterocycles. The SMILES string of the molecule is C[C@@H]1CCC/C=C/[C@@H]2O[C@](O)(C[C@@H](O)C/C=C\C=C\C(O[C@@H]3O[C@H](CO)[C@@H](O)[C@H](O)[C@H]3O)C/C=C/C=CC(=O)O1)[C@H]2O. The highest BCUT2D eigenvalue weighted by atomic mass is 16.7. The zero-order chi connectivity index (χ0) is 30.7. The highest BCUT2D eigenvalue weighted by Gasteiger charge is 2.53. The van der Waals surface area contributed by atoms with Crippen LogP contribution in [0.1, 0.15) is 45.4 Å². The predicted molar refractivity (Wildman–Crippen MR) is 149 cm³/mol. The topological polar surface area (TPSA) is 196 Å². The van der Waals surface area contributed by atoms with E-state index in [0.717, 1.165) is 6.42 Å². The van der Waals surface area contributed by atoms with Crippen LogP contribution >= 0.6 is 0 Å². The fourth-order valence-corrected chi connectivity index (χ4v) is 4.80. The molecule has 4 aliphatic heterocycles. The Morgan fingerprint density at radius 3 is 2.43 bits per heavy atom. The van der Waals surface area contributed by atoms with Crippen LogP contribution in [0.4, 0.5) is 0 Å². The van der Waals surface area contributed by atoms with Crippen LogP contribution < -0.4 is 0 Å². The molecule has 12 nitrogen and oxygen atoms in total. The normalized spacial score (nSPS) is 44.1. The number of esters is 1.